The lowest BCUT2D eigenvalue weighted by Gasteiger charge is -2.34. The Morgan fingerprint density at radius 3 is 2.16 bits per heavy atom. The SMILES string of the molecule is CCC(CC)(Pc1ccc(C)cc1CN(C)C)c1cc(C)ccc1O. The van der Waals surface area contributed by atoms with Gasteiger partial charge in [0.2, 0.25) is 0 Å². The topological polar surface area (TPSA) is 23.5 Å². The van der Waals surface area contributed by atoms with Crippen LogP contribution in [0.3, 0.4) is 0 Å². The van der Waals surface area contributed by atoms with Gasteiger partial charge in [-0.1, -0.05) is 63.9 Å². The number of hydrogen-bond acceptors (Lipinski definition) is 2. The highest BCUT2D eigenvalue weighted by atomic mass is 31.1. The summed E-state index contributed by atoms with van der Waals surface area (Å²) in [5.74, 6) is 0.433. The van der Waals surface area contributed by atoms with E-state index in [2.05, 4.69) is 71.0 Å². The number of benzene rings is 2. The third-order valence-corrected chi connectivity index (χ3v) is 7.21. The molecule has 0 aliphatic heterocycles. The first kappa shape index (κ1) is 19.9. The van der Waals surface area contributed by atoms with Crippen LogP contribution >= 0.6 is 8.58 Å². The smallest absolute Gasteiger partial charge is 0.119 e. The van der Waals surface area contributed by atoms with Gasteiger partial charge in [0, 0.05) is 17.3 Å². The Bertz CT molecular complexity index is 720. The van der Waals surface area contributed by atoms with Crippen LogP contribution in [-0.4, -0.2) is 24.1 Å². The zero-order chi connectivity index (χ0) is 18.6. The van der Waals surface area contributed by atoms with E-state index < -0.39 is 0 Å². The minimum atomic E-state index is -0.00752. The quantitative estimate of drug-likeness (QED) is 0.698. The van der Waals surface area contributed by atoms with Crippen LogP contribution in [0.4, 0.5) is 0 Å². The lowest BCUT2D eigenvalue weighted by molar-refractivity contribution is 0.403. The van der Waals surface area contributed by atoms with E-state index in [1.807, 2.05) is 12.1 Å². The van der Waals surface area contributed by atoms with Gasteiger partial charge >= 0.3 is 0 Å². The molecule has 1 unspecified atom stereocenters. The minimum Gasteiger partial charge on any atom is -0.508 e. The second kappa shape index (κ2) is 8.34. The fourth-order valence-corrected chi connectivity index (χ4v) is 5.16. The van der Waals surface area contributed by atoms with Crippen molar-refractivity contribution in [3.8, 4) is 5.75 Å². The summed E-state index contributed by atoms with van der Waals surface area (Å²) >= 11 is 0. The van der Waals surface area contributed by atoms with Gasteiger partial charge in [-0.15, -0.1) is 0 Å². The first-order valence-corrected chi connectivity index (χ1v) is 10.1. The average Bonchev–Trinajstić information content (AvgIpc) is 2.56. The zero-order valence-corrected chi connectivity index (χ0v) is 17.5. The Morgan fingerprint density at radius 1 is 0.960 bits per heavy atom. The van der Waals surface area contributed by atoms with Gasteiger partial charge in [0.25, 0.3) is 0 Å². The fourth-order valence-electron chi connectivity index (χ4n) is 3.48. The molecule has 2 rings (SSSR count). The van der Waals surface area contributed by atoms with E-state index >= 15 is 0 Å². The Labute approximate surface area is 155 Å². The van der Waals surface area contributed by atoms with Gasteiger partial charge in [0.15, 0.2) is 0 Å². The molecule has 25 heavy (non-hydrogen) atoms. The molecule has 0 amide bonds. The van der Waals surface area contributed by atoms with Crippen molar-refractivity contribution in [2.45, 2.75) is 52.2 Å². The van der Waals surface area contributed by atoms with Gasteiger partial charge in [0.1, 0.15) is 5.75 Å². The summed E-state index contributed by atoms with van der Waals surface area (Å²) < 4.78 is 0. The lowest BCUT2D eigenvalue weighted by Crippen LogP contribution is -2.25. The summed E-state index contributed by atoms with van der Waals surface area (Å²) in [6.07, 6.45) is 2.04. The van der Waals surface area contributed by atoms with E-state index in [4.69, 9.17) is 0 Å². The number of phenols is 1. The van der Waals surface area contributed by atoms with Crippen molar-refractivity contribution in [2.24, 2.45) is 0 Å². The molecule has 0 aliphatic rings. The molecular formula is C22H32NOP. The van der Waals surface area contributed by atoms with E-state index in [0.717, 1.165) is 24.9 Å². The molecule has 1 N–H and O–H groups in total. The van der Waals surface area contributed by atoms with Gasteiger partial charge in [-0.2, -0.15) is 0 Å². The largest absolute Gasteiger partial charge is 0.508 e. The molecule has 0 fully saturated rings. The molecule has 0 heterocycles. The zero-order valence-electron chi connectivity index (χ0n) is 16.5. The van der Waals surface area contributed by atoms with Gasteiger partial charge in [-0.25, -0.2) is 0 Å². The Hall–Kier alpha value is -1.37. The second-order valence-electron chi connectivity index (χ2n) is 7.33. The molecule has 0 saturated carbocycles. The van der Waals surface area contributed by atoms with Crippen LogP contribution in [0.15, 0.2) is 36.4 Å². The second-order valence-corrected chi connectivity index (χ2v) is 9.08. The molecule has 2 nitrogen and oxygen atoms in total. The first-order chi connectivity index (χ1) is 11.8. The van der Waals surface area contributed by atoms with Crippen LogP contribution in [0.1, 0.15) is 48.9 Å². The summed E-state index contributed by atoms with van der Waals surface area (Å²) in [6.45, 7) is 9.71. The maximum atomic E-state index is 10.6. The van der Waals surface area contributed by atoms with Crippen LogP contribution in [0.25, 0.3) is 0 Å². The highest BCUT2D eigenvalue weighted by Crippen LogP contribution is 2.50. The highest BCUT2D eigenvalue weighted by molar-refractivity contribution is 7.48. The first-order valence-electron chi connectivity index (χ1n) is 9.14. The van der Waals surface area contributed by atoms with Crippen LogP contribution < -0.4 is 5.30 Å². The van der Waals surface area contributed by atoms with Crippen molar-refractivity contribution < 1.29 is 5.11 Å². The monoisotopic (exact) mass is 357 g/mol. The number of rotatable bonds is 7. The highest BCUT2D eigenvalue weighted by Gasteiger charge is 2.32. The minimum absolute atomic E-state index is 0.00752. The van der Waals surface area contributed by atoms with E-state index in [-0.39, 0.29) is 5.16 Å². The number of aromatic hydroxyl groups is 1. The molecule has 136 valence electrons. The van der Waals surface area contributed by atoms with Crippen LogP contribution in [-0.2, 0) is 11.7 Å². The normalized spacial score (nSPS) is 12.4. The summed E-state index contributed by atoms with van der Waals surface area (Å²) in [4.78, 5) is 2.23. The van der Waals surface area contributed by atoms with Gasteiger partial charge < -0.3 is 10.0 Å². The molecule has 3 heteroatoms. The van der Waals surface area contributed by atoms with Crippen LogP contribution in [0.5, 0.6) is 5.75 Å². The molecule has 0 aliphatic carbocycles. The van der Waals surface area contributed by atoms with E-state index in [0.29, 0.717) is 14.3 Å². The number of phenolic OH excluding ortho intramolecular Hbond substituents is 1. The van der Waals surface area contributed by atoms with E-state index in [1.54, 1.807) is 0 Å². The molecule has 2 aromatic carbocycles. The molecular weight excluding hydrogens is 325 g/mol. The predicted octanol–water partition coefficient (Wildman–Crippen LogP) is 5.09. The number of aryl methyl sites for hydroxylation is 2. The van der Waals surface area contributed by atoms with E-state index in [9.17, 15) is 5.11 Å². The van der Waals surface area contributed by atoms with Crippen molar-refractivity contribution >= 4 is 13.9 Å². The average molecular weight is 357 g/mol. The van der Waals surface area contributed by atoms with Crippen molar-refractivity contribution in [1.82, 2.24) is 4.90 Å². The van der Waals surface area contributed by atoms with Gasteiger partial charge in [-0.05, 0) is 57.7 Å². The van der Waals surface area contributed by atoms with Gasteiger partial charge in [-0.3, -0.25) is 0 Å². The molecule has 0 bridgehead atoms. The van der Waals surface area contributed by atoms with Gasteiger partial charge in [0.05, 0.1) is 0 Å². The Balaban J connectivity index is 2.51. The van der Waals surface area contributed by atoms with Crippen molar-refractivity contribution in [3.63, 3.8) is 0 Å². The number of hydrogen-bond donors (Lipinski definition) is 1. The van der Waals surface area contributed by atoms with Crippen molar-refractivity contribution in [3.05, 3.63) is 58.7 Å². The van der Waals surface area contributed by atoms with E-state index in [1.165, 1.54) is 22.0 Å². The molecule has 0 spiro atoms. The number of nitrogens with zero attached hydrogens (tertiary/aromatic N) is 1. The van der Waals surface area contributed by atoms with Crippen molar-refractivity contribution in [2.75, 3.05) is 14.1 Å². The van der Waals surface area contributed by atoms with Crippen LogP contribution in [0.2, 0.25) is 0 Å². The van der Waals surface area contributed by atoms with Crippen molar-refractivity contribution in [1.29, 1.82) is 0 Å². The summed E-state index contributed by atoms with van der Waals surface area (Å²) in [6, 6.07) is 12.8. The lowest BCUT2D eigenvalue weighted by atomic mass is 9.91. The maximum Gasteiger partial charge on any atom is 0.119 e. The Morgan fingerprint density at radius 2 is 1.56 bits per heavy atom. The fraction of sp³-hybridized carbons (Fsp3) is 0.455. The molecule has 0 aromatic heterocycles. The third kappa shape index (κ3) is 4.63. The predicted molar refractivity (Wildman–Crippen MR) is 112 cm³/mol. The molecule has 1 atom stereocenters. The Kier molecular flexibility index (Phi) is 6.65. The summed E-state index contributed by atoms with van der Waals surface area (Å²) in [5.41, 5.74) is 5.03. The maximum absolute atomic E-state index is 10.6. The molecule has 0 saturated heterocycles. The standard InChI is InChI=1S/C22H32NOP/c1-7-22(8-2,19-14-17(4)9-11-20(19)24)25-21-12-10-16(3)13-18(21)15-23(5)6/h9-14,24-25H,7-8,15H2,1-6H3. The molecule has 2 aromatic rings. The summed E-state index contributed by atoms with van der Waals surface area (Å²) in [5, 5.41) is 12.0. The molecule has 0 radical (unpaired) electrons. The third-order valence-electron chi connectivity index (χ3n) is 5.00. The summed E-state index contributed by atoms with van der Waals surface area (Å²) in [7, 11) is 4.88. The van der Waals surface area contributed by atoms with Crippen LogP contribution in [0, 0.1) is 13.8 Å².